The van der Waals surface area contributed by atoms with E-state index in [1.807, 2.05) is 37.3 Å². The Morgan fingerprint density at radius 2 is 2.00 bits per heavy atom. The lowest BCUT2D eigenvalue weighted by Crippen LogP contribution is -2.21. The van der Waals surface area contributed by atoms with E-state index in [4.69, 9.17) is 10.8 Å². The predicted molar refractivity (Wildman–Crippen MR) is 69.1 cm³/mol. The van der Waals surface area contributed by atoms with Crippen molar-refractivity contribution in [2.24, 2.45) is 5.73 Å². The molecule has 3 N–H and O–H groups in total. The van der Waals surface area contributed by atoms with Gasteiger partial charge in [0.1, 0.15) is 6.04 Å². The molecule has 88 valence electrons. The van der Waals surface area contributed by atoms with Crippen molar-refractivity contribution in [2.45, 2.75) is 13.0 Å². The van der Waals surface area contributed by atoms with E-state index in [9.17, 15) is 4.79 Å². The Hall–Kier alpha value is -1.65. The van der Waals surface area contributed by atoms with Crippen LogP contribution in [0.4, 0.5) is 0 Å². The van der Waals surface area contributed by atoms with Crippen molar-refractivity contribution in [2.75, 3.05) is 0 Å². The monoisotopic (exact) mass is 247 g/mol. The van der Waals surface area contributed by atoms with Gasteiger partial charge in [0.15, 0.2) is 0 Å². The number of thiophene rings is 1. The first-order valence-corrected chi connectivity index (χ1v) is 6.05. The molecular formula is C13H13NO2S. The summed E-state index contributed by atoms with van der Waals surface area (Å²) in [7, 11) is 0. The van der Waals surface area contributed by atoms with Crippen LogP contribution in [0.2, 0.25) is 0 Å². The molecule has 0 saturated carbocycles. The number of carboxylic acid groups (broad SMARTS) is 1. The molecule has 2 rings (SSSR count). The summed E-state index contributed by atoms with van der Waals surface area (Å²) in [6.45, 7) is 2.02. The molecule has 4 heteroatoms. The first kappa shape index (κ1) is 11.8. The van der Waals surface area contributed by atoms with Crippen molar-refractivity contribution in [1.29, 1.82) is 0 Å². The highest BCUT2D eigenvalue weighted by Crippen LogP contribution is 2.32. The number of carboxylic acids is 1. The molecule has 0 aliphatic rings. The number of nitrogens with two attached hydrogens (primary N) is 1. The molecular weight excluding hydrogens is 234 g/mol. The van der Waals surface area contributed by atoms with Crippen LogP contribution in [0.5, 0.6) is 0 Å². The number of aryl methyl sites for hydroxylation is 1. The third kappa shape index (κ3) is 2.38. The Morgan fingerprint density at radius 3 is 2.59 bits per heavy atom. The van der Waals surface area contributed by atoms with Crippen molar-refractivity contribution in [1.82, 2.24) is 0 Å². The van der Waals surface area contributed by atoms with Crippen molar-refractivity contribution < 1.29 is 9.90 Å². The highest BCUT2D eigenvalue weighted by atomic mass is 32.1. The van der Waals surface area contributed by atoms with Crippen LogP contribution in [-0.4, -0.2) is 11.1 Å². The fourth-order valence-electron chi connectivity index (χ4n) is 1.70. The van der Waals surface area contributed by atoms with Crippen molar-refractivity contribution in [3.05, 3.63) is 46.8 Å². The van der Waals surface area contributed by atoms with Gasteiger partial charge in [-0.3, -0.25) is 4.79 Å². The lowest BCUT2D eigenvalue weighted by atomic mass is 10.00. The number of carbonyl (C=O) groups is 1. The zero-order valence-corrected chi connectivity index (χ0v) is 10.2. The molecule has 0 fully saturated rings. The molecule has 1 unspecified atom stereocenters. The van der Waals surface area contributed by atoms with Gasteiger partial charge in [0, 0.05) is 9.75 Å². The number of aliphatic carboxylic acids is 1. The van der Waals surface area contributed by atoms with Crippen LogP contribution in [0.15, 0.2) is 36.4 Å². The highest BCUT2D eigenvalue weighted by molar-refractivity contribution is 7.15. The van der Waals surface area contributed by atoms with Gasteiger partial charge in [-0.05, 0) is 30.2 Å². The number of rotatable bonds is 3. The Balaban J connectivity index is 2.51. The van der Waals surface area contributed by atoms with Crippen molar-refractivity contribution in [3.63, 3.8) is 0 Å². The summed E-state index contributed by atoms with van der Waals surface area (Å²) in [5, 5.41) is 8.99. The van der Waals surface area contributed by atoms with E-state index < -0.39 is 12.0 Å². The van der Waals surface area contributed by atoms with E-state index in [0.29, 0.717) is 5.56 Å². The molecule has 0 bridgehead atoms. The summed E-state index contributed by atoms with van der Waals surface area (Å²) in [6, 6.07) is 10.4. The molecule has 1 aromatic heterocycles. The Bertz CT molecular complexity index is 548. The Morgan fingerprint density at radius 1 is 1.29 bits per heavy atom. The maximum Gasteiger partial charge on any atom is 0.325 e. The van der Waals surface area contributed by atoms with Crippen molar-refractivity contribution in [3.8, 4) is 10.4 Å². The maximum absolute atomic E-state index is 11.0. The standard InChI is InChI=1S/C13H13NO2S/c1-8-6-7-11(17-8)9-4-2-3-5-10(9)12(14)13(15)16/h2-7,12H,14H2,1H3,(H,15,16). The molecule has 0 saturated heterocycles. The van der Waals surface area contributed by atoms with Crippen LogP contribution in [0, 0.1) is 6.92 Å². The Labute approximate surface area is 104 Å². The summed E-state index contributed by atoms with van der Waals surface area (Å²) in [6.07, 6.45) is 0. The summed E-state index contributed by atoms with van der Waals surface area (Å²) in [5.74, 6) is -1.01. The molecule has 0 aliphatic carbocycles. The molecule has 0 amide bonds. The molecule has 3 nitrogen and oxygen atoms in total. The fraction of sp³-hybridized carbons (Fsp3) is 0.154. The van der Waals surface area contributed by atoms with Crippen molar-refractivity contribution >= 4 is 17.3 Å². The predicted octanol–water partition coefficient (Wildman–Crippen LogP) is 2.81. The molecule has 0 aliphatic heterocycles. The van der Waals surface area contributed by atoms with E-state index in [1.54, 1.807) is 17.4 Å². The topological polar surface area (TPSA) is 63.3 Å². The van der Waals surface area contributed by atoms with Gasteiger partial charge in [0.25, 0.3) is 0 Å². The third-order valence-electron chi connectivity index (χ3n) is 2.57. The van der Waals surface area contributed by atoms with Gasteiger partial charge in [-0.1, -0.05) is 24.3 Å². The van der Waals surface area contributed by atoms with Gasteiger partial charge < -0.3 is 10.8 Å². The second-order valence-electron chi connectivity index (χ2n) is 3.81. The van der Waals surface area contributed by atoms with Gasteiger partial charge in [-0.2, -0.15) is 0 Å². The zero-order valence-electron chi connectivity index (χ0n) is 9.38. The second kappa shape index (κ2) is 4.69. The summed E-state index contributed by atoms with van der Waals surface area (Å²) >= 11 is 1.64. The average molecular weight is 247 g/mol. The Kier molecular flexibility index (Phi) is 3.26. The van der Waals surface area contributed by atoms with Gasteiger partial charge in [-0.25, -0.2) is 0 Å². The molecule has 17 heavy (non-hydrogen) atoms. The van der Waals surface area contributed by atoms with E-state index in [0.717, 1.165) is 10.4 Å². The lowest BCUT2D eigenvalue weighted by Gasteiger charge is -2.11. The number of benzene rings is 1. The highest BCUT2D eigenvalue weighted by Gasteiger charge is 2.18. The third-order valence-corrected chi connectivity index (χ3v) is 3.60. The van der Waals surface area contributed by atoms with Crippen LogP contribution in [0.3, 0.4) is 0 Å². The normalized spacial score (nSPS) is 12.4. The average Bonchev–Trinajstić information content (AvgIpc) is 2.74. The number of hydrogen-bond acceptors (Lipinski definition) is 3. The maximum atomic E-state index is 11.0. The quantitative estimate of drug-likeness (QED) is 0.876. The van der Waals surface area contributed by atoms with Crippen LogP contribution < -0.4 is 5.73 Å². The fourth-order valence-corrected chi connectivity index (χ4v) is 2.62. The molecule has 1 aromatic carbocycles. The smallest absolute Gasteiger partial charge is 0.325 e. The first-order valence-electron chi connectivity index (χ1n) is 5.23. The molecule has 0 spiro atoms. The van der Waals surface area contributed by atoms with Gasteiger partial charge in [0.2, 0.25) is 0 Å². The molecule has 1 atom stereocenters. The summed E-state index contributed by atoms with van der Waals surface area (Å²) < 4.78 is 0. The first-order chi connectivity index (χ1) is 8.09. The van der Waals surface area contributed by atoms with E-state index in [-0.39, 0.29) is 0 Å². The van der Waals surface area contributed by atoms with E-state index >= 15 is 0 Å². The molecule has 0 radical (unpaired) electrons. The summed E-state index contributed by atoms with van der Waals surface area (Å²) in [5.41, 5.74) is 7.25. The van der Waals surface area contributed by atoms with Gasteiger partial charge >= 0.3 is 5.97 Å². The van der Waals surface area contributed by atoms with E-state index in [2.05, 4.69) is 0 Å². The molecule has 2 aromatic rings. The lowest BCUT2D eigenvalue weighted by molar-refractivity contribution is -0.138. The molecule has 1 heterocycles. The largest absolute Gasteiger partial charge is 0.480 e. The number of hydrogen-bond donors (Lipinski definition) is 2. The summed E-state index contributed by atoms with van der Waals surface area (Å²) in [4.78, 5) is 13.2. The van der Waals surface area contributed by atoms with Crippen LogP contribution in [0.1, 0.15) is 16.5 Å². The minimum atomic E-state index is -1.01. The van der Waals surface area contributed by atoms with E-state index in [1.165, 1.54) is 4.88 Å². The second-order valence-corrected chi connectivity index (χ2v) is 5.10. The van der Waals surface area contributed by atoms with Crippen LogP contribution in [-0.2, 0) is 4.79 Å². The SMILES string of the molecule is Cc1ccc(-c2ccccc2C(N)C(=O)O)s1. The van der Waals surface area contributed by atoms with Crippen LogP contribution >= 0.6 is 11.3 Å². The van der Waals surface area contributed by atoms with Gasteiger partial charge in [-0.15, -0.1) is 11.3 Å². The minimum Gasteiger partial charge on any atom is -0.480 e. The van der Waals surface area contributed by atoms with Gasteiger partial charge in [0.05, 0.1) is 0 Å². The van der Waals surface area contributed by atoms with Crippen LogP contribution in [0.25, 0.3) is 10.4 Å². The minimum absolute atomic E-state index is 0.654. The zero-order chi connectivity index (χ0) is 12.4.